The summed E-state index contributed by atoms with van der Waals surface area (Å²) >= 11 is 0. The van der Waals surface area contributed by atoms with E-state index in [0.717, 1.165) is 0 Å². The second-order valence-electron chi connectivity index (χ2n) is 5.10. The predicted octanol–water partition coefficient (Wildman–Crippen LogP) is 3.57. The standard InChI is InChI=1S/C18H19FNO3/c1-3-23-18(22)13-20(14(2)21,16-7-5-4-6-8-16)17-11-9-15(19)10-12-17/h4-12H,3,13H2,1-2H3/q+1. The molecule has 1 amide bonds. The lowest BCUT2D eigenvalue weighted by Gasteiger charge is -2.33. The summed E-state index contributed by atoms with van der Waals surface area (Å²) in [6.07, 6.45) is 0. The monoisotopic (exact) mass is 316 g/mol. The van der Waals surface area contributed by atoms with Crippen molar-refractivity contribution in [1.29, 1.82) is 0 Å². The molecule has 23 heavy (non-hydrogen) atoms. The molecule has 4 nitrogen and oxygen atoms in total. The highest BCUT2D eigenvalue weighted by atomic mass is 19.1. The van der Waals surface area contributed by atoms with Crippen LogP contribution in [-0.4, -0.2) is 25.0 Å². The molecular weight excluding hydrogens is 297 g/mol. The average Bonchev–Trinajstić information content (AvgIpc) is 2.54. The van der Waals surface area contributed by atoms with Crippen LogP contribution in [0.25, 0.3) is 0 Å². The number of rotatable bonds is 5. The van der Waals surface area contributed by atoms with Gasteiger partial charge < -0.3 is 4.74 Å². The van der Waals surface area contributed by atoms with Gasteiger partial charge in [0.2, 0.25) is 0 Å². The number of carbonyl (C=O) groups is 2. The Morgan fingerprint density at radius 3 is 2.09 bits per heavy atom. The molecule has 0 aromatic heterocycles. The van der Waals surface area contributed by atoms with E-state index >= 15 is 0 Å². The molecule has 1 unspecified atom stereocenters. The Kier molecular flexibility index (Phi) is 5.24. The van der Waals surface area contributed by atoms with Crippen LogP contribution in [0.4, 0.5) is 15.8 Å². The van der Waals surface area contributed by atoms with Crippen LogP contribution >= 0.6 is 0 Å². The number of hydrogen-bond acceptors (Lipinski definition) is 3. The highest BCUT2D eigenvalue weighted by molar-refractivity contribution is 5.97. The first-order valence-electron chi connectivity index (χ1n) is 7.37. The zero-order chi connectivity index (χ0) is 16.9. The zero-order valence-corrected chi connectivity index (χ0v) is 13.2. The van der Waals surface area contributed by atoms with E-state index < -0.39 is 11.8 Å². The van der Waals surface area contributed by atoms with Gasteiger partial charge in [-0.3, -0.25) is 0 Å². The molecule has 0 aliphatic rings. The maximum Gasteiger partial charge on any atom is 0.363 e. The fraction of sp³-hybridized carbons (Fsp3) is 0.222. The lowest BCUT2D eigenvalue weighted by atomic mass is 10.1. The molecule has 0 radical (unpaired) electrons. The third kappa shape index (κ3) is 3.46. The molecule has 0 N–H and O–H groups in total. The minimum atomic E-state index is -0.490. The number of amides is 1. The third-order valence-electron chi connectivity index (χ3n) is 3.67. The summed E-state index contributed by atoms with van der Waals surface area (Å²) in [6, 6.07) is 14.5. The molecule has 5 heteroatoms. The zero-order valence-electron chi connectivity index (χ0n) is 13.2. The largest absolute Gasteiger partial charge is 0.462 e. The molecule has 0 aliphatic carbocycles. The van der Waals surface area contributed by atoms with Gasteiger partial charge in [-0.1, -0.05) is 18.2 Å². The second kappa shape index (κ2) is 7.15. The summed E-state index contributed by atoms with van der Waals surface area (Å²) in [5, 5.41) is 0. The summed E-state index contributed by atoms with van der Waals surface area (Å²) < 4.78 is 18.0. The smallest absolute Gasteiger partial charge is 0.363 e. The second-order valence-corrected chi connectivity index (χ2v) is 5.10. The first-order chi connectivity index (χ1) is 11.0. The van der Waals surface area contributed by atoms with Gasteiger partial charge in [-0.2, -0.15) is 4.48 Å². The average molecular weight is 316 g/mol. The Morgan fingerprint density at radius 2 is 1.57 bits per heavy atom. The van der Waals surface area contributed by atoms with E-state index in [1.165, 1.54) is 31.2 Å². The minimum Gasteiger partial charge on any atom is -0.462 e. The van der Waals surface area contributed by atoms with E-state index in [1.54, 1.807) is 31.2 Å². The van der Waals surface area contributed by atoms with E-state index in [4.69, 9.17) is 4.74 Å². The van der Waals surface area contributed by atoms with Crippen LogP contribution in [0, 0.1) is 5.82 Å². The first-order valence-corrected chi connectivity index (χ1v) is 7.37. The van der Waals surface area contributed by atoms with Gasteiger partial charge in [0, 0.05) is 24.3 Å². The van der Waals surface area contributed by atoms with E-state index in [2.05, 4.69) is 0 Å². The van der Waals surface area contributed by atoms with E-state index in [1.807, 2.05) is 6.07 Å². The highest BCUT2D eigenvalue weighted by Gasteiger charge is 2.41. The number of halogens is 1. The van der Waals surface area contributed by atoms with Crippen molar-refractivity contribution < 1.29 is 18.7 Å². The molecule has 0 heterocycles. The maximum absolute atomic E-state index is 13.3. The number of esters is 1. The Morgan fingerprint density at radius 1 is 1.00 bits per heavy atom. The number of nitrogens with zero attached hydrogens (tertiary/aromatic N) is 1. The van der Waals surface area contributed by atoms with Crippen molar-refractivity contribution in [3.8, 4) is 0 Å². The Labute approximate surface area is 134 Å². The Balaban J connectivity index is 2.62. The van der Waals surface area contributed by atoms with Crippen molar-refractivity contribution in [3.05, 3.63) is 60.4 Å². The van der Waals surface area contributed by atoms with E-state index in [0.29, 0.717) is 11.4 Å². The van der Waals surface area contributed by atoms with Crippen molar-refractivity contribution >= 4 is 23.3 Å². The van der Waals surface area contributed by atoms with Gasteiger partial charge >= 0.3 is 11.9 Å². The molecule has 120 valence electrons. The predicted molar refractivity (Wildman–Crippen MR) is 86.5 cm³/mol. The minimum absolute atomic E-state index is 0.182. The topological polar surface area (TPSA) is 43.4 Å². The maximum atomic E-state index is 13.3. The molecule has 0 aliphatic heterocycles. The van der Waals surface area contributed by atoms with Crippen LogP contribution in [0.5, 0.6) is 0 Å². The number of quaternary nitrogens is 1. The van der Waals surface area contributed by atoms with Crippen molar-refractivity contribution in [3.63, 3.8) is 0 Å². The number of para-hydroxylation sites is 1. The van der Waals surface area contributed by atoms with Crippen molar-refractivity contribution in [2.75, 3.05) is 13.2 Å². The van der Waals surface area contributed by atoms with Gasteiger partial charge in [0.05, 0.1) is 13.5 Å². The van der Waals surface area contributed by atoms with E-state index in [-0.39, 0.29) is 23.5 Å². The van der Waals surface area contributed by atoms with Gasteiger partial charge in [0.1, 0.15) is 17.2 Å². The van der Waals surface area contributed by atoms with Crippen LogP contribution in [0.1, 0.15) is 13.8 Å². The lowest BCUT2D eigenvalue weighted by molar-refractivity contribution is -0.146. The third-order valence-corrected chi connectivity index (χ3v) is 3.67. The van der Waals surface area contributed by atoms with Crippen LogP contribution in [0.2, 0.25) is 0 Å². The van der Waals surface area contributed by atoms with Crippen LogP contribution < -0.4 is 4.48 Å². The van der Waals surface area contributed by atoms with Crippen LogP contribution in [-0.2, 0) is 14.3 Å². The van der Waals surface area contributed by atoms with Crippen molar-refractivity contribution in [2.45, 2.75) is 13.8 Å². The van der Waals surface area contributed by atoms with Gasteiger partial charge in [-0.25, -0.2) is 14.0 Å². The molecule has 2 aromatic carbocycles. The summed E-state index contributed by atoms with van der Waals surface area (Å²) in [5.74, 6) is -1.15. The number of benzene rings is 2. The molecule has 1 atom stereocenters. The van der Waals surface area contributed by atoms with Crippen molar-refractivity contribution in [2.24, 2.45) is 0 Å². The van der Waals surface area contributed by atoms with Crippen LogP contribution in [0.15, 0.2) is 54.6 Å². The summed E-state index contributed by atoms with van der Waals surface area (Å²) in [4.78, 5) is 24.7. The van der Waals surface area contributed by atoms with Gasteiger partial charge in [-0.15, -0.1) is 0 Å². The number of carbonyl (C=O) groups excluding carboxylic acids is 2. The van der Waals surface area contributed by atoms with Crippen molar-refractivity contribution in [1.82, 2.24) is 4.48 Å². The Bertz CT molecular complexity index is 685. The summed E-state index contributed by atoms with van der Waals surface area (Å²) in [7, 11) is 0. The lowest BCUT2D eigenvalue weighted by Crippen LogP contribution is -2.52. The van der Waals surface area contributed by atoms with Gasteiger partial charge in [0.25, 0.3) is 0 Å². The molecule has 0 spiro atoms. The highest BCUT2D eigenvalue weighted by Crippen LogP contribution is 2.35. The van der Waals surface area contributed by atoms with Gasteiger partial charge in [0.15, 0.2) is 6.54 Å². The van der Waals surface area contributed by atoms with E-state index in [9.17, 15) is 14.0 Å². The number of hydrogen-bond donors (Lipinski definition) is 0. The Hall–Kier alpha value is -2.53. The summed E-state index contributed by atoms with van der Waals surface area (Å²) in [6.45, 7) is 3.17. The quantitative estimate of drug-likeness (QED) is 0.625. The normalized spacial score (nSPS) is 13.2. The molecule has 2 aromatic rings. The van der Waals surface area contributed by atoms with Gasteiger partial charge in [-0.05, 0) is 19.1 Å². The first kappa shape index (κ1) is 16.8. The molecular formula is C18H19FNO3+. The fourth-order valence-corrected chi connectivity index (χ4v) is 2.58. The van der Waals surface area contributed by atoms with Crippen LogP contribution in [0.3, 0.4) is 0 Å². The number of ether oxygens (including phenoxy) is 1. The fourth-order valence-electron chi connectivity index (χ4n) is 2.58. The molecule has 0 fully saturated rings. The summed E-state index contributed by atoms with van der Waals surface area (Å²) in [5.41, 5.74) is 1.14. The molecule has 2 rings (SSSR count). The SMILES string of the molecule is CCOC(=O)C[N+](C(C)=O)(c1ccccc1)c1ccc(F)cc1. The molecule has 0 saturated heterocycles. The molecule has 0 bridgehead atoms. The molecule has 0 saturated carbocycles.